The van der Waals surface area contributed by atoms with Crippen LogP contribution in [-0.2, 0) is 4.74 Å². The SMILES string of the molecule is COc1ccc(C=CC(=O)c2ccc(O[C@H]3O[C@H](CO)[C@H](O)[C@H](O)[C@H]3O)c(OC)c2O)cc1OC. The third-order valence-corrected chi connectivity index (χ3v) is 5.49. The number of carbonyl (C=O) groups excluding carboxylic acids is 1. The predicted octanol–water partition coefficient (Wildman–Crippen LogP) is 0.493. The minimum atomic E-state index is -1.66. The summed E-state index contributed by atoms with van der Waals surface area (Å²) in [6, 6.07) is 7.70. The van der Waals surface area contributed by atoms with Gasteiger partial charge < -0.3 is 49.2 Å². The van der Waals surface area contributed by atoms with E-state index in [1.807, 2.05) is 0 Å². The lowest BCUT2D eigenvalue weighted by Crippen LogP contribution is -2.60. The Hall–Kier alpha value is -3.35. The first-order valence-corrected chi connectivity index (χ1v) is 10.6. The first kappa shape index (κ1) is 26.3. The van der Waals surface area contributed by atoms with E-state index >= 15 is 0 Å². The molecule has 3 rings (SSSR count). The van der Waals surface area contributed by atoms with Crippen LogP contribution in [0.1, 0.15) is 15.9 Å². The Balaban J connectivity index is 1.82. The van der Waals surface area contributed by atoms with Crippen molar-refractivity contribution in [3.8, 4) is 28.7 Å². The van der Waals surface area contributed by atoms with Gasteiger partial charge in [-0.25, -0.2) is 0 Å². The monoisotopic (exact) mass is 492 g/mol. The number of hydrogen-bond donors (Lipinski definition) is 5. The van der Waals surface area contributed by atoms with Gasteiger partial charge in [0.2, 0.25) is 12.0 Å². The Kier molecular flexibility index (Phi) is 8.54. The highest BCUT2D eigenvalue weighted by Gasteiger charge is 2.45. The molecular formula is C24H28O11. The van der Waals surface area contributed by atoms with Crippen LogP contribution in [0.15, 0.2) is 36.4 Å². The van der Waals surface area contributed by atoms with E-state index < -0.39 is 48.8 Å². The van der Waals surface area contributed by atoms with Crippen molar-refractivity contribution in [2.24, 2.45) is 0 Å². The number of aliphatic hydroxyl groups is 4. The van der Waals surface area contributed by atoms with Gasteiger partial charge in [0.15, 0.2) is 28.8 Å². The molecule has 5 N–H and O–H groups in total. The molecule has 5 atom stereocenters. The van der Waals surface area contributed by atoms with Crippen molar-refractivity contribution in [1.29, 1.82) is 0 Å². The molecule has 0 aromatic heterocycles. The molecule has 1 aliphatic rings. The highest BCUT2D eigenvalue weighted by molar-refractivity contribution is 6.09. The molecule has 0 radical (unpaired) electrons. The maximum absolute atomic E-state index is 12.7. The van der Waals surface area contributed by atoms with E-state index in [1.165, 1.54) is 45.6 Å². The van der Waals surface area contributed by atoms with E-state index in [2.05, 4.69) is 0 Å². The lowest BCUT2D eigenvalue weighted by molar-refractivity contribution is -0.277. The second-order valence-electron chi connectivity index (χ2n) is 7.62. The molecule has 0 spiro atoms. The first-order valence-electron chi connectivity index (χ1n) is 10.6. The quantitative estimate of drug-likeness (QED) is 0.244. The van der Waals surface area contributed by atoms with Gasteiger partial charge >= 0.3 is 0 Å². The largest absolute Gasteiger partial charge is 0.504 e. The van der Waals surface area contributed by atoms with Crippen LogP contribution in [0.5, 0.6) is 28.7 Å². The molecule has 1 saturated heterocycles. The highest BCUT2D eigenvalue weighted by atomic mass is 16.7. The Labute approximate surface area is 201 Å². The topological polar surface area (TPSA) is 164 Å². The van der Waals surface area contributed by atoms with Gasteiger partial charge in [-0.05, 0) is 35.9 Å². The fraction of sp³-hybridized carbons (Fsp3) is 0.375. The van der Waals surface area contributed by atoms with Gasteiger partial charge in [-0.3, -0.25) is 4.79 Å². The molecule has 11 nitrogen and oxygen atoms in total. The average molecular weight is 492 g/mol. The van der Waals surface area contributed by atoms with Crippen LogP contribution >= 0.6 is 0 Å². The number of phenolic OH excluding ortho intramolecular Hbond substituents is 1. The molecule has 2 aromatic rings. The van der Waals surface area contributed by atoms with Crippen molar-refractivity contribution < 1.29 is 54.0 Å². The minimum absolute atomic E-state index is 0.0836. The van der Waals surface area contributed by atoms with Crippen LogP contribution in [0.4, 0.5) is 0 Å². The molecule has 35 heavy (non-hydrogen) atoms. The lowest BCUT2D eigenvalue weighted by atomic mass is 9.99. The molecule has 0 unspecified atom stereocenters. The summed E-state index contributed by atoms with van der Waals surface area (Å²) in [7, 11) is 4.25. The van der Waals surface area contributed by atoms with Crippen LogP contribution in [0.3, 0.4) is 0 Å². The lowest BCUT2D eigenvalue weighted by Gasteiger charge is -2.39. The Bertz CT molecular complexity index is 1070. The summed E-state index contributed by atoms with van der Waals surface area (Å²) >= 11 is 0. The summed E-state index contributed by atoms with van der Waals surface area (Å²) in [5.41, 5.74) is 0.574. The van der Waals surface area contributed by atoms with Crippen LogP contribution in [-0.4, -0.2) is 90.0 Å². The molecule has 0 amide bonds. The third-order valence-electron chi connectivity index (χ3n) is 5.49. The number of phenols is 1. The Morgan fingerprint density at radius 3 is 2.26 bits per heavy atom. The van der Waals surface area contributed by atoms with E-state index in [9.17, 15) is 30.3 Å². The van der Waals surface area contributed by atoms with Crippen molar-refractivity contribution in [3.63, 3.8) is 0 Å². The Morgan fingerprint density at radius 1 is 0.943 bits per heavy atom. The highest BCUT2D eigenvalue weighted by Crippen LogP contribution is 2.41. The fourth-order valence-electron chi connectivity index (χ4n) is 3.55. The summed E-state index contributed by atoms with van der Waals surface area (Å²) in [4.78, 5) is 12.7. The van der Waals surface area contributed by atoms with Gasteiger partial charge in [0.05, 0.1) is 33.5 Å². The smallest absolute Gasteiger partial charge is 0.229 e. The van der Waals surface area contributed by atoms with Crippen LogP contribution in [0, 0.1) is 0 Å². The second-order valence-corrected chi connectivity index (χ2v) is 7.62. The van der Waals surface area contributed by atoms with Crippen LogP contribution in [0.25, 0.3) is 6.08 Å². The number of methoxy groups -OCH3 is 3. The average Bonchev–Trinajstić information content (AvgIpc) is 2.87. The maximum Gasteiger partial charge on any atom is 0.229 e. The van der Waals surface area contributed by atoms with Gasteiger partial charge in [0.1, 0.15) is 24.4 Å². The van der Waals surface area contributed by atoms with Gasteiger partial charge in [-0.1, -0.05) is 12.1 Å². The molecule has 0 saturated carbocycles. The normalized spacial score (nSPS) is 24.3. The molecule has 1 aliphatic heterocycles. The Morgan fingerprint density at radius 2 is 1.63 bits per heavy atom. The molecule has 190 valence electrons. The van der Waals surface area contributed by atoms with Gasteiger partial charge in [0, 0.05) is 0 Å². The summed E-state index contributed by atoms with van der Waals surface area (Å²) in [6.45, 7) is -0.632. The number of carbonyl (C=O) groups is 1. The van der Waals surface area contributed by atoms with Gasteiger partial charge in [-0.15, -0.1) is 0 Å². The van der Waals surface area contributed by atoms with Crippen LogP contribution in [0.2, 0.25) is 0 Å². The number of hydrogen-bond acceptors (Lipinski definition) is 11. The zero-order chi connectivity index (χ0) is 25.7. The number of rotatable bonds is 9. The molecule has 0 bridgehead atoms. The molecule has 11 heteroatoms. The molecule has 1 heterocycles. The van der Waals surface area contributed by atoms with Gasteiger partial charge in [0.25, 0.3) is 0 Å². The molecule has 0 aliphatic carbocycles. The summed E-state index contributed by atoms with van der Waals surface area (Å²) in [6.07, 6.45) is -4.74. The number of benzene rings is 2. The number of aliphatic hydroxyl groups excluding tert-OH is 4. The zero-order valence-corrected chi connectivity index (χ0v) is 19.3. The van der Waals surface area contributed by atoms with Crippen LogP contribution < -0.4 is 18.9 Å². The van der Waals surface area contributed by atoms with E-state index in [-0.39, 0.29) is 17.1 Å². The van der Waals surface area contributed by atoms with Crippen molar-refractivity contribution in [2.45, 2.75) is 30.7 Å². The van der Waals surface area contributed by atoms with Gasteiger partial charge in [-0.2, -0.15) is 0 Å². The minimum Gasteiger partial charge on any atom is -0.504 e. The molecular weight excluding hydrogens is 464 g/mol. The first-order chi connectivity index (χ1) is 16.7. The summed E-state index contributed by atoms with van der Waals surface area (Å²) in [5.74, 6) is -0.344. The number of aromatic hydroxyl groups is 1. The van der Waals surface area contributed by atoms with E-state index in [1.54, 1.807) is 18.2 Å². The van der Waals surface area contributed by atoms with E-state index in [4.69, 9.17) is 23.7 Å². The zero-order valence-electron chi connectivity index (χ0n) is 19.3. The summed E-state index contributed by atoms with van der Waals surface area (Å²) < 4.78 is 26.5. The maximum atomic E-state index is 12.7. The molecule has 1 fully saturated rings. The number of ether oxygens (including phenoxy) is 5. The van der Waals surface area contributed by atoms with Crippen molar-refractivity contribution in [3.05, 3.63) is 47.5 Å². The van der Waals surface area contributed by atoms with Crippen molar-refractivity contribution >= 4 is 11.9 Å². The van der Waals surface area contributed by atoms with Crippen molar-refractivity contribution in [1.82, 2.24) is 0 Å². The summed E-state index contributed by atoms with van der Waals surface area (Å²) in [5, 5.41) is 50.0. The van der Waals surface area contributed by atoms with E-state index in [0.29, 0.717) is 17.1 Å². The second kappa shape index (κ2) is 11.4. The number of allylic oxidation sites excluding steroid dienone is 1. The predicted molar refractivity (Wildman–Crippen MR) is 122 cm³/mol. The molecule has 2 aromatic carbocycles. The van der Waals surface area contributed by atoms with E-state index in [0.717, 1.165) is 0 Å². The fourth-order valence-corrected chi connectivity index (χ4v) is 3.55. The standard InChI is InChI=1S/C24H28O11/c1-31-15-8-5-12(10-17(15)32-2)4-7-14(26)13-6-9-16(23(33-3)19(13)27)34-24-22(30)21(29)20(28)18(11-25)35-24/h4-10,18,20-22,24-25,27-30H,11H2,1-3H3/t18-,20+,21+,22-,24+/m1/s1. The number of ketones is 1. The van der Waals surface area contributed by atoms with Crippen molar-refractivity contribution in [2.75, 3.05) is 27.9 Å². The third kappa shape index (κ3) is 5.50.